The monoisotopic (exact) mass is 410 g/mol. The Hall–Kier alpha value is -2.86. The molecule has 29 heavy (non-hydrogen) atoms. The van der Waals surface area contributed by atoms with Crippen molar-refractivity contribution in [3.05, 3.63) is 70.7 Å². The van der Waals surface area contributed by atoms with E-state index in [-0.39, 0.29) is 42.7 Å². The number of hydrogen-bond acceptors (Lipinski definition) is 3. The molecule has 1 heterocycles. The minimum absolute atomic E-state index is 0.0281. The van der Waals surface area contributed by atoms with Crippen LogP contribution in [0.3, 0.4) is 0 Å². The van der Waals surface area contributed by atoms with Gasteiger partial charge in [-0.3, -0.25) is 19.9 Å². The second-order valence-corrected chi connectivity index (χ2v) is 8.34. The van der Waals surface area contributed by atoms with E-state index in [1.54, 1.807) is 19.1 Å². The highest BCUT2D eigenvalue weighted by molar-refractivity contribution is 6.30. The fourth-order valence-corrected chi connectivity index (χ4v) is 4.03. The van der Waals surface area contributed by atoms with Crippen molar-refractivity contribution in [2.45, 2.75) is 31.3 Å². The van der Waals surface area contributed by atoms with Gasteiger partial charge in [0.15, 0.2) is 5.96 Å². The fraction of sp³-hybridized carbons (Fsp3) is 0.318. The lowest BCUT2D eigenvalue weighted by Gasteiger charge is -2.22. The number of nitrogens with zero attached hydrogens (tertiary/aromatic N) is 1. The molecule has 0 spiro atoms. The first-order valence-electron chi connectivity index (χ1n) is 9.63. The molecule has 2 fully saturated rings. The molecule has 1 unspecified atom stereocenters. The number of hydrogen-bond donors (Lipinski definition) is 3. The average Bonchev–Trinajstić information content (AvgIpc) is 3.48. The highest BCUT2D eigenvalue weighted by atomic mass is 35.5. The predicted octanol–water partition coefficient (Wildman–Crippen LogP) is 2.89. The molecule has 0 aromatic heterocycles. The third-order valence-corrected chi connectivity index (χ3v) is 5.82. The summed E-state index contributed by atoms with van der Waals surface area (Å²) in [6.07, 6.45) is 0.824. The lowest BCUT2D eigenvalue weighted by Crippen LogP contribution is -2.53. The Balaban J connectivity index is 1.36. The maximum absolute atomic E-state index is 12.9. The molecule has 1 saturated heterocycles. The van der Waals surface area contributed by atoms with Crippen LogP contribution < -0.4 is 10.6 Å². The van der Waals surface area contributed by atoms with Gasteiger partial charge in [-0.15, -0.1) is 0 Å². The number of halogens is 1. The van der Waals surface area contributed by atoms with E-state index in [1.807, 2.05) is 42.5 Å². The van der Waals surface area contributed by atoms with E-state index in [2.05, 4.69) is 10.6 Å². The van der Waals surface area contributed by atoms with Crippen LogP contribution in [0.5, 0.6) is 0 Å². The van der Waals surface area contributed by atoms with Gasteiger partial charge in [0.2, 0.25) is 5.91 Å². The zero-order valence-corrected chi connectivity index (χ0v) is 16.9. The van der Waals surface area contributed by atoms with E-state index in [0.29, 0.717) is 5.02 Å². The Labute approximate surface area is 174 Å². The van der Waals surface area contributed by atoms with Crippen LogP contribution in [0.4, 0.5) is 0 Å². The summed E-state index contributed by atoms with van der Waals surface area (Å²) in [6.45, 7) is 2.11. The SMILES string of the molecule is CC1(CNC(=O)[C@@H]2C[C@H]2c2ccccc2)NC(=N)N(Cc2cccc(Cl)c2)C1=O. The Morgan fingerprint density at radius 3 is 2.76 bits per heavy atom. The van der Waals surface area contributed by atoms with Crippen molar-refractivity contribution in [2.24, 2.45) is 5.92 Å². The quantitative estimate of drug-likeness (QED) is 0.684. The second kappa shape index (κ2) is 7.52. The van der Waals surface area contributed by atoms with Crippen molar-refractivity contribution in [1.82, 2.24) is 15.5 Å². The molecule has 4 rings (SSSR count). The van der Waals surface area contributed by atoms with E-state index in [1.165, 1.54) is 10.5 Å². The number of benzene rings is 2. The molecule has 2 aromatic carbocycles. The van der Waals surface area contributed by atoms with Crippen LogP contribution in [-0.4, -0.2) is 34.8 Å². The van der Waals surface area contributed by atoms with Gasteiger partial charge in [-0.25, -0.2) is 0 Å². The summed E-state index contributed by atoms with van der Waals surface area (Å²) in [4.78, 5) is 26.9. The summed E-state index contributed by atoms with van der Waals surface area (Å²) in [7, 11) is 0. The molecule has 150 valence electrons. The van der Waals surface area contributed by atoms with Crippen LogP contribution in [0.15, 0.2) is 54.6 Å². The Bertz CT molecular complexity index is 964. The first-order valence-corrected chi connectivity index (χ1v) is 10.0. The second-order valence-electron chi connectivity index (χ2n) is 7.90. The molecular formula is C22H23ClN4O2. The number of carbonyl (C=O) groups excluding carboxylic acids is 2. The molecule has 1 aliphatic carbocycles. The average molecular weight is 411 g/mol. The van der Waals surface area contributed by atoms with E-state index < -0.39 is 5.54 Å². The summed E-state index contributed by atoms with van der Waals surface area (Å²) in [6, 6.07) is 17.2. The molecule has 1 saturated carbocycles. The van der Waals surface area contributed by atoms with Crippen molar-refractivity contribution in [3.63, 3.8) is 0 Å². The fourth-order valence-electron chi connectivity index (χ4n) is 3.82. The standard InChI is InChI=1S/C22H23ClN4O2/c1-22(13-25-19(28)18-11-17(18)15-7-3-2-4-8-15)20(29)27(21(24)26-22)12-14-6-5-9-16(23)10-14/h2-10,17-18H,11-13H2,1H3,(H2,24,26)(H,25,28)/t17-,18+,22?/m0/s1. The molecule has 7 heteroatoms. The van der Waals surface area contributed by atoms with Crippen molar-refractivity contribution in [2.75, 3.05) is 6.54 Å². The molecule has 1 aliphatic heterocycles. The molecule has 6 nitrogen and oxygen atoms in total. The van der Waals surface area contributed by atoms with E-state index >= 15 is 0 Å². The molecule has 2 aromatic rings. The zero-order valence-electron chi connectivity index (χ0n) is 16.1. The lowest BCUT2D eigenvalue weighted by molar-refractivity contribution is -0.131. The highest BCUT2D eigenvalue weighted by Gasteiger charge is 2.48. The molecule has 3 atom stereocenters. The Morgan fingerprint density at radius 2 is 2.03 bits per heavy atom. The maximum atomic E-state index is 12.9. The summed E-state index contributed by atoms with van der Waals surface area (Å²) in [5, 5.41) is 14.6. The predicted molar refractivity (Wildman–Crippen MR) is 112 cm³/mol. The smallest absolute Gasteiger partial charge is 0.256 e. The maximum Gasteiger partial charge on any atom is 0.256 e. The Morgan fingerprint density at radius 1 is 1.28 bits per heavy atom. The summed E-state index contributed by atoms with van der Waals surface area (Å²) in [5.41, 5.74) is 0.973. The van der Waals surface area contributed by atoms with Crippen LogP contribution in [0, 0.1) is 11.3 Å². The van der Waals surface area contributed by atoms with Crippen molar-refractivity contribution >= 4 is 29.4 Å². The minimum atomic E-state index is -1.04. The number of carbonyl (C=O) groups is 2. The van der Waals surface area contributed by atoms with Crippen LogP contribution in [0.1, 0.15) is 30.4 Å². The van der Waals surface area contributed by atoms with Gasteiger partial charge in [-0.1, -0.05) is 54.1 Å². The topological polar surface area (TPSA) is 85.3 Å². The summed E-state index contributed by atoms with van der Waals surface area (Å²) in [5.74, 6) is -0.0682. The molecule has 3 N–H and O–H groups in total. The van der Waals surface area contributed by atoms with E-state index in [9.17, 15) is 9.59 Å². The van der Waals surface area contributed by atoms with Gasteiger partial charge in [-0.05, 0) is 42.5 Å². The minimum Gasteiger partial charge on any atom is -0.353 e. The van der Waals surface area contributed by atoms with Crippen molar-refractivity contribution < 1.29 is 9.59 Å². The Kier molecular flexibility index (Phi) is 5.04. The third-order valence-electron chi connectivity index (χ3n) is 5.58. The van der Waals surface area contributed by atoms with Gasteiger partial charge in [0.05, 0.1) is 6.54 Å². The van der Waals surface area contributed by atoms with Gasteiger partial charge in [0, 0.05) is 17.5 Å². The zero-order chi connectivity index (χ0) is 20.6. The van der Waals surface area contributed by atoms with Gasteiger partial charge >= 0.3 is 0 Å². The molecule has 2 amide bonds. The van der Waals surface area contributed by atoms with Crippen LogP contribution in [-0.2, 0) is 16.1 Å². The van der Waals surface area contributed by atoms with Crippen molar-refractivity contribution in [1.29, 1.82) is 5.41 Å². The van der Waals surface area contributed by atoms with Crippen LogP contribution >= 0.6 is 11.6 Å². The van der Waals surface area contributed by atoms with Gasteiger partial charge < -0.3 is 10.6 Å². The van der Waals surface area contributed by atoms with Gasteiger partial charge in [0.1, 0.15) is 5.54 Å². The first kappa shape index (κ1) is 19.5. The molecule has 2 aliphatic rings. The highest BCUT2D eigenvalue weighted by Crippen LogP contribution is 2.47. The molecular weight excluding hydrogens is 388 g/mol. The van der Waals surface area contributed by atoms with Crippen LogP contribution in [0.2, 0.25) is 5.02 Å². The molecule has 0 bridgehead atoms. The molecule has 0 radical (unpaired) electrons. The summed E-state index contributed by atoms with van der Waals surface area (Å²) < 4.78 is 0. The third kappa shape index (κ3) is 3.98. The summed E-state index contributed by atoms with van der Waals surface area (Å²) >= 11 is 6.01. The first-order chi connectivity index (χ1) is 13.9. The lowest BCUT2D eigenvalue weighted by atomic mass is 10.0. The van der Waals surface area contributed by atoms with Gasteiger partial charge in [-0.2, -0.15) is 0 Å². The largest absolute Gasteiger partial charge is 0.353 e. The van der Waals surface area contributed by atoms with Gasteiger partial charge in [0.25, 0.3) is 5.91 Å². The van der Waals surface area contributed by atoms with E-state index in [4.69, 9.17) is 17.0 Å². The number of rotatable bonds is 6. The normalized spacial score (nSPS) is 25.7. The number of nitrogens with one attached hydrogen (secondary N) is 3. The van der Waals surface area contributed by atoms with E-state index in [0.717, 1.165) is 12.0 Å². The number of amides is 2. The van der Waals surface area contributed by atoms with Crippen LogP contribution in [0.25, 0.3) is 0 Å². The van der Waals surface area contributed by atoms with Crippen molar-refractivity contribution in [3.8, 4) is 0 Å². The number of guanidine groups is 1.